The molecule has 0 spiro atoms. The van der Waals surface area contributed by atoms with Crippen molar-refractivity contribution in [2.24, 2.45) is 0 Å². The molecule has 0 saturated carbocycles. The second-order valence-corrected chi connectivity index (χ2v) is 9.20. The zero-order chi connectivity index (χ0) is 23.3. The molecule has 3 aromatic carbocycles. The fourth-order valence-electron chi connectivity index (χ4n) is 3.35. The van der Waals surface area contributed by atoms with Gasteiger partial charge in [0.1, 0.15) is 0 Å². The van der Waals surface area contributed by atoms with Gasteiger partial charge in [0.25, 0.3) is 21.6 Å². The van der Waals surface area contributed by atoms with E-state index in [4.69, 9.17) is 0 Å². The van der Waals surface area contributed by atoms with Gasteiger partial charge < -0.3 is 0 Å². The molecule has 32 heavy (non-hydrogen) atoms. The molecule has 0 aliphatic heterocycles. The summed E-state index contributed by atoms with van der Waals surface area (Å²) in [6.07, 6.45) is 2.90. The highest BCUT2D eigenvalue weighted by atomic mass is 32.2. The summed E-state index contributed by atoms with van der Waals surface area (Å²) in [5, 5.41) is 11.1. The van der Waals surface area contributed by atoms with Crippen LogP contribution in [0, 0.1) is 17.0 Å². The number of aryl methyl sites for hydroxylation is 2. The number of nitro benzene ring substituents is 1. The van der Waals surface area contributed by atoms with Crippen molar-refractivity contribution in [2.45, 2.75) is 38.0 Å². The third-order valence-corrected chi connectivity index (χ3v) is 6.82. The molecule has 0 aliphatic carbocycles. The Morgan fingerprint density at radius 3 is 2.22 bits per heavy atom. The molecule has 166 valence electrons. The van der Waals surface area contributed by atoms with E-state index < -0.39 is 20.9 Å². The maximum atomic E-state index is 13.5. The molecule has 3 rings (SSSR count). The average molecular weight is 453 g/mol. The number of hydrogen-bond donors (Lipinski definition) is 0. The predicted molar refractivity (Wildman–Crippen MR) is 123 cm³/mol. The second kappa shape index (κ2) is 9.74. The van der Waals surface area contributed by atoms with Crippen LogP contribution in [0.1, 0.15) is 41.3 Å². The maximum Gasteiger partial charge on any atom is 0.272 e. The van der Waals surface area contributed by atoms with E-state index in [0.717, 1.165) is 29.1 Å². The first kappa shape index (κ1) is 23.1. The fraction of sp³-hybridized carbons (Fsp3) is 0.208. The number of nitrogens with zero attached hydrogens (tertiary/aromatic N) is 2. The van der Waals surface area contributed by atoms with E-state index in [1.54, 1.807) is 30.3 Å². The zero-order valence-electron chi connectivity index (χ0n) is 17.9. The minimum absolute atomic E-state index is 0.0259. The standard InChI is InChI=1S/C24H24N2O5S/c1-3-4-8-19-11-14-21(15-12-19)25(32(30,31)22-9-6-5-7-10-22)24(27)20-13-16-23(26(28)29)18(2)17-20/h5-7,9-17H,3-4,8H2,1-2H3. The maximum absolute atomic E-state index is 13.5. The number of sulfonamides is 1. The molecule has 1 amide bonds. The first-order valence-electron chi connectivity index (χ1n) is 10.2. The topological polar surface area (TPSA) is 97.6 Å². The number of unbranched alkanes of at least 4 members (excludes halogenated alkanes) is 1. The summed E-state index contributed by atoms with van der Waals surface area (Å²) in [6.45, 7) is 3.60. The van der Waals surface area contributed by atoms with Crippen LogP contribution in [-0.2, 0) is 16.4 Å². The van der Waals surface area contributed by atoms with Crippen molar-refractivity contribution >= 4 is 27.3 Å². The lowest BCUT2D eigenvalue weighted by Gasteiger charge is -2.23. The van der Waals surface area contributed by atoms with Crippen LogP contribution < -0.4 is 4.31 Å². The molecule has 3 aromatic rings. The highest BCUT2D eigenvalue weighted by Crippen LogP contribution is 2.28. The molecule has 0 aliphatic rings. The van der Waals surface area contributed by atoms with Crippen molar-refractivity contribution in [1.82, 2.24) is 0 Å². The number of anilines is 1. The van der Waals surface area contributed by atoms with Gasteiger partial charge in [0, 0.05) is 17.2 Å². The van der Waals surface area contributed by atoms with Crippen LogP contribution in [0.15, 0.2) is 77.7 Å². The van der Waals surface area contributed by atoms with Gasteiger partial charge >= 0.3 is 0 Å². The molecule has 0 atom stereocenters. The lowest BCUT2D eigenvalue weighted by atomic mass is 10.1. The first-order chi connectivity index (χ1) is 15.3. The lowest BCUT2D eigenvalue weighted by molar-refractivity contribution is -0.385. The van der Waals surface area contributed by atoms with Gasteiger partial charge in [-0.05, 0) is 61.7 Å². The van der Waals surface area contributed by atoms with Gasteiger partial charge in [-0.1, -0.05) is 43.7 Å². The lowest BCUT2D eigenvalue weighted by Crippen LogP contribution is -2.37. The third kappa shape index (κ3) is 4.86. The number of carbonyl (C=O) groups is 1. The molecule has 0 bridgehead atoms. The van der Waals surface area contributed by atoms with Gasteiger partial charge in [-0.3, -0.25) is 14.9 Å². The molecule has 0 saturated heterocycles. The normalized spacial score (nSPS) is 11.2. The minimum atomic E-state index is -4.22. The van der Waals surface area contributed by atoms with E-state index >= 15 is 0 Å². The molecule has 0 N–H and O–H groups in total. The molecule has 7 nitrogen and oxygen atoms in total. The van der Waals surface area contributed by atoms with Crippen molar-refractivity contribution in [2.75, 3.05) is 4.31 Å². The molecular formula is C24H24N2O5S. The molecule has 0 fully saturated rings. The Morgan fingerprint density at radius 1 is 1.00 bits per heavy atom. The van der Waals surface area contributed by atoms with Crippen LogP contribution in [0.25, 0.3) is 0 Å². The monoisotopic (exact) mass is 452 g/mol. The summed E-state index contributed by atoms with van der Waals surface area (Å²) in [5.74, 6) is -0.784. The number of carbonyl (C=O) groups excluding carboxylic acids is 1. The molecule has 8 heteroatoms. The van der Waals surface area contributed by atoms with Crippen LogP contribution in [0.2, 0.25) is 0 Å². The summed E-state index contributed by atoms with van der Waals surface area (Å²) >= 11 is 0. The Hall–Kier alpha value is -3.52. The summed E-state index contributed by atoms with van der Waals surface area (Å²) < 4.78 is 27.7. The summed E-state index contributed by atoms with van der Waals surface area (Å²) in [7, 11) is -4.22. The zero-order valence-corrected chi connectivity index (χ0v) is 18.7. The minimum Gasteiger partial charge on any atom is -0.268 e. The van der Waals surface area contributed by atoms with E-state index in [9.17, 15) is 23.3 Å². The third-order valence-electron chi connectivity index (χ3n) is 5.10. The molecule has 0 unspecified atom stereocenters. The van der Waals surface area contributed by atoms with E-state index in [2.05, 4.69) is 6.92 Å². The van der Waals surface area contributed by atoms with Crippen molar-refractivity contribution < 1.29 is 18.1 Å². The van der Waals surface area contributed by atoms with Crippen LogP contribution in [-0.4, -0.2) is 19.2 Å². The number of rotatable bonds is 8. The van der Waals surface area contributed by atoms with Crippen LogP contribution in [0.5, 0.6) is 0 Å². The highest BCUT2D eigenvalue weighted by Gasteiger charge is 2.32. The van der Waals surface area contributed by atoms with Gasteiger partial charge in [-0.15, -0.1) is 0 Å². The smallest absolute Gasteiger partial charge is 0.268 e. The Balaban J connectivity index is 2.09. The fourth-order valence-corrected chi connectivity index (χ4v) is 4.79. The van der Waals surface area contributed by atoms with Crippen molar-refractivity contribution in [3.63, 3.8) is 0 Å². The first-order valence-corrected chi connectivity index (χ1v) is 11.7. The Morgan fingerprint density at radius 2 is 1.66 bits per heavy atom. The van der Waals surface area contributed by atoms with Gasteiger partial charge in [0.15, 0.2) is 0 Å². The van der Waals surface area contributed by atoms with E-state index in [0.29, 0.717) is 0 Å². The SMILES string of the molecule is CCCCc1ccc(N(C(=O)c2ccc([N+](=O)[O-])c(C)c2)S(=O)(=O)c2ccccc2)cc1. The van der Waals surface area contributed by atoms with Gasteiger partial charge in [-0.25, -0.2) is 8.42 Å². The van der Waals surface area contributed by atoms with Gasteiger partial charge in [0.05, 0.1) is 15.5 Å². The van der Waals surface area contributed by atoms with Crippen LogP contribution in [0.3, 0.4) is 0 Å². The Kier molecular flexibility index (Phi) is 7.05. The van der Waals surface area contributed by atoms with Gasteiger partial charge in [0.2, 0.25) is 0 Å². The largest absolute Gasteiger partial charge is 0.272 e. The predicted octanol–water partition coefficient (Wildman–Crippen LogP) is 5.28. The number of benzene rings is 3. The van der Waals surface area contributed by atoms with Crippen molar-refractivity contribution in [1.29, 1.82) is 0 Å². The van der Waals surface area contributed by atoms with Crippen molar-refractivity contribution in [3.8, 4) is 0 Å². The number of hydrogen-bond acceptors (Lipinski definition) is 5. The molecule has 0 radical (unpaired) electrons. The Bertz CT molecular complexity index is 1220. The number of nitro groups is 1. The van der Waals surface area contributed by atoms with E-state index in [1.165, 1.54) is 37.3 Å². The molecular weight excluding hydrogens is 428 g/mol. The summed E-state index contributed by atoms with van der Waals surface area (Å²) in [4.78, 5) is 24.0. The van der Waals surface area contributed by atoms with Gasteiger partial charge in [-0.2, -0.15) is 4.31 Å². The van der Waals surface area contributed by atoms with Crippen molar-refractivity contribution in [3.05, 3.63) is 99.6 Å². The summed E-state index contributed by atoms with van der Waals surface area (Å²) in [5.41, 5.74) is 1.43. The Labute approximate surface area is 187 Å². The van der Waals surface area contributed by atoms with E-state index in [1.807, 2.05) is 12.1 Å². The molecule has 0 heterocycles. The average Bonchev–Trinajstić information content (AvgIpc) is 2.78. The highest BCUT2D eigenvalue weighted by molar-refractivity contribution is 7.93. The summed E-state index contributed by atoms with van der Waals surface area (Å²) in [6, 6.07) is 18.4. The molecule has 0 aromatic heterocycles. The number of amides is 1. The van der Waals surface area contributed by atoms with Crippen LogP contribution >= 0.6 is 0 Å². The second-order valence-electron chi connectivity index (χ2n) is 7.42. The van der Waals surface area contributed by atoms with E-state index in [-0.39, 0.29) is 27.4 Å². The van der Waals surface area contributed by atoms with Crippen LogP contribution in [0.4, 0.5) is 11.4 Å². The quantitative estimate of drug-likeness (QED) is 0.342.